The molecule has 0 aliphatic heterocycles. The molecule has 1 aromatic heterocycles. The molecule has 54 heavy (non-hydrogen) atoms. The average molecular weight is 846 g/mol. The Balaban J connectivity index is 2.38. The SMILES string of the molecule is CC[Si](CC)(CC)OC(C/C(=C/CO)C[C@H](O)C[C@@H](OCOCC[Si](C)(C)C)[C@@H](C)O[Si](C)(C)C(C)(C)C)C(C)(C)CS(=O)(=O)c1nc2ccccc2s1. The van der Waals surface area contributed by atoms with Gasteiger partial charge in [-0.15, -0.1) is 11.3 Å². The molecule has 0 fully saturated rings. The van der Waals surface area contributed by atoms with Crippen LogP contribution in [0.25, 0.3) is 10.2 Å². The Morgan fingerprint density at radius 2 is 1.57 bits per heavy atom. The van der Waals surface area contributed by atoms with E-state index in [1.54, 1.807) is 6.08 Å². The summed E-state index contributed by atoms with van der Waals surface area (Å²) in [5.74, 6) is -0.142. The zero-order valence-corrected chi connectivity index (χ0v) is 40.7. The van der Waals surface area contributed by atoms with Gasteiger partial charge in [0.25, 0.3) is 0 Å². The first-order chi connectivity index (χ1) is 24.8. The lowest BCUT2D eigenvalue weighted by molar-refractivity contribution is -0.126. The third kappa shape index (κ3) is 15.2. The molecular weight excluding hydrogens is 771 g/mol. The Labute approximate surface area is 335 Å². The number of sulfone groups is 1. The largest absolute Gasteiger partial charge is 0.413 e. The van der Waals surface area contributed by atoms with Crippen LogP contribution in [-0.4, -0.2) is 98.5 Å². The maximum atomic E-state index is 14.0. The predicted molar refractivity (Wildman–Crippen MR) is 234 cm³/mol. The lowest BCUT2D eigenvalue weighted by atomic mass is 9.83. The Morgan fingerprint density at radius 3 is 2.11 bits per heavy atom. The van der Waals surface area contributed by atoms with E-state index in [0.717, 1.165) is 34.4 Å². The molecule has 0 aliphatic carbocycles. The van der Waals surface area contributed by atoms with Crippen molar-refractivity contribution < 1.29 is 37.0 Å². The molecule has 14 heteroatoms. The summed E-state index contributed by atoms with van der Waals surface area (Å²) in [5, 5.41) is 21.9. The molecule has 0 bridgehead atoms. The molecule has 0 radical (unpaired) electrons. The molecule has 0 saturated carbocycles. The number of nitrogens with zero attached hydrogens (tertiary/aromatic N) is 1. The molecule has 1 heterocycles. The minimum atomic E-state index is -3.76. The molecule has 0 saturated heterocycles. The maximum Gasteiger partial charge on any atom is 0.210 e. The number of rotatable bonds is 25. The first kappa shape index (κ1) is 49.4. The van der Waals surface area contributed by atoms with E-state index in [4.69, 9.17) is 18.3 Å². The van der Waals surface area contributed by atoms with E-state index in [1.165, 1.54) is 11.3 Å². The van der Waals surface area contributed by atoms with Crippen LogP contribution in [0.1, 0.15) is 81.6 Å². The first-order valence-corrected chi connectivity index (χ1v) is 31.6. The third-order valence-electron chi connectivity index (χ3n) is 11.3. The Bertz CT molecular complexity index is 1520. The van der Waals surface area contributed by atoms with E-state index in [1.807, 2.05) is 45.0 Å². The summed E-state index contributed by atoms with van der Waals surface area (Å²) in [6.07, 6.45) is 0.758. The molecule has 2 N–H and O–H groups in total. The van der Waals surface area contributed by atoms with Gasteiger partial charge in [-0.3, -0.25) is 0 Å². The van der Waals surface area contributed by atoms with Crippen LogP contribution >= 0.6 is 11.3 Å². The van der Waals surface area contributed by atoms with Gasteiger partial charge in [-0.2, -0.15) is 0 Å². The topological polar surface area (TPSA) is 124 Å². The minimum absolute atomic E-state index is 0.00558. The van der Waals surface area contributed by atoms with Crippen LogP contribution in [0.4, 0.5) is 0 Å². The molecule has 0 aliphatic rings. The molecule has 4 atom stereocenters. The number of thiazole rings is 1. The van der Waals surface area contributed by atoms with Crippen molar-refractivity contribution in [2.45, 2.75) is 172 Å². The van der Waals surface area contributed by atoms with Gasteiger partial charge in [0.2, 0.25) is 14.2 Å². The summed E-state index contributed by atoms with van der Waals surface area (Å²) in [4.78, 5) is 4.49. The van der Waals surface area contributed by atoms with Crippen LogP contribution in [0, 0.1) is 5.41 Å². The number of aliphatic hydroxyl groups excluding tert-OH is 2. The van der Waals surface area contributed by atoms with E-state index in [2.05, 4.69) is 79.3 Å². The second-order valence-corrected chi connectivity index (χ2v) is 36.8. The van der Waals surface area contributed by atoms with Crippen LogP contribution in [0.5, 0.6) is 0 Å². The lowest BCUT2D eigenvalue weighted by Gasteiger charge is -2.42. The van der Waals surface area contributed by atoms with E-state index in [0.29, 0.717) is 25.0 Å². The number of aliphatic hydroxyl groups is 2. The highest BCUT2D eigenvalue weighted by Crippen LogP contribution is 2.40. The van der Waals surface area contributed by atoms with Crippen molar-refractivity contribution in [3.63, 3.8) is 0 Å². The minimum Gasteiger partial charge on any atom is -0.413 e. The summed E-state index contributed by atoms with van der Waals surface area (Å²) >= 11 is 1.20. The molecular formula is C40H75NO8S2Si3. The van der Waals surface area contributed by atoms with Crippen LogP contribution < -0.4 is 0 Å². The molecule has 1 unspecified atom stereocenters. The summed E-state index contributed by atoms with van der Waals surface area (Å²) < 4.78 is 55.1. The van der Waals surface area contributed by atoms with Gasteiger partial charge in [0, 0.05) is 26.5 Å². The fraction of sp³-hybridized carbons (Fsp3) is 0.775. The number of ether oxygens (including phenoxy) is 2. The Hall–Kier alpha value is -0.789. The van der Waals surface area contributed by atoms with Gasteiger partial charge in [-0.1, -0.05) is 98.8 Å². The van der Waals surface area contributed by atoms with Crippen LogP contribution in [0.15, 0.2) is 40.3 Å². The highest BCUT2D eigenvalue weighted by molar-refractivity contribution is 7.93. The molecule has 0 spiro atoms. The van der Waals surface area contributed by atoms with Crippen LogP contribution in [0.2, 0.25) is 61.9 Å². The molecule has 9 nitrogen and oxygen atoms in total. The van der Waals surface area contributed by atoms with Gasteiger partial charge < -0.3 is 28.5 Å². The van der Waals surface area contributed by atoms with Crippen molar-refractivity contribution in [1.82, 2.24) is 4.98 Å². The predicted octanol–water partition coefficient (Wildman–Crippen LogP) is 10.0. The summed E-state index contributed by atoms with van der Waals surface area (Å²) in [6.45, 7) is 31.0. The second kappa shape index (κ2) is 20.8. The lowest BCUT2D eigenvalue weighted by Crippen LogP contribution is -2.48. The number of fused-ring (bicyclic) bond motifs is 1. The standard InChI is InChI=1S/C40H75NO8S2Si3/c1-15-54(16-2,17-3)49-37(40(8,9)29-51(44,45)38-41-34-20-18-19-21-36(34)50-38)27-32(22-23-42)26-33(43)28-35(47-30-46-24-25-52(10,11)12)31(4)48-53(13,14)39(5,6)7/h18-22,31,33,35,37,42-43H,15-17,23-30H2,1-14H3/b32-22+/t31-,33+,35-,37?/m1/s1. The zero-order valence-electron chi connectivity index (χ0n) is 36.1. The van der Waals surface area contributed by atoms with Gasteiger partial charge in [0.15, 0.2) is 16.6 Å². The Kier molecular flexibility index (Phi) is 19.0. The van der Waals surface area contributed by atoms with Crippen molar-refractivity contribution >= 4 is 56.1 Å². The number of para-hydroxylation sites is 1. The normalized spacial score (nSPS) is 16.5. The molecule has 0 amide bonds. The third-order valence-corrected chi connectivity index (χ3v) is 25.8. The average Bonchev–Trinajstić information content (AvgIpc) is 3.50. The fourth-order valence-corrected chi connectivity index (χ4v) is 14.7. The molecule has 2 aromatic rings. The van der Waals surface area contributed by atoms with Gasteiger partial charge in [-0.25, -0.2) is 13.4 Å². The van der Waals surface area contributed by atoms with E-state index in [9.17, 15) is 18.6 Å². The van der Waals surface area contributed by atoms with Gasteiger partial charge in [-0.05, 0) is 74.2 Å². The highest BCUT2D eigenvalue weighted by atomic mass is 32.2. The van der Waals surface area contributed by atoms with Gasteiger partial charge >= 0.3 is 0 Å². The molecule has 1 aromatic carbocycles. The van der Waals surface area contributed by atoms with E-state index < -0.39 is 58.3 Å². The second-order valence-electron chi connectivity index (χ2n) is 18.5. The van der Waals surface area contributed by atoms with E-state index in [-0.39, 0.29) is 41.1 Å². The van der Waals surface area contributed by atoms with Crippen LogP contribution in [0.3, 0.4) is 0 Å². The first-order valence-electron chi connectivity index (χ1n) is 19.9. The summed E-state index contributed by atoms with van der Waals surface area (Å²) in [7, 11) is -9.38. The van der Waals surface area contributed by atoms with Crippen molar-refractivity contribution in [1.29, 1.82) is 0 Å². The zero-order chi connectivity index (χ0) is 41.2. The van der Waals surface area contributed by atoms with Gasteiger partial charge in [0.05, 0.1) is 47.0 Å². The monoisotopic (exact) mass is 845 g/mol. The Morgan fingerprint density at radius 1 is 0.963 bits per heavy atom. The number of aromatic nitrogens is 1. The maximum absolute atomic E-state index is 14.0. The van der Waals surface area contributed by atoms with Crippen molar-refractivity contribution in [3.05, 3.63) is 35.9 Å². The number of hydrogen-bond donors (Lipinski definition) is 2. The number of benzene rings is 1. The smallest absolute Gasteiger partial charge is 0.210 e. The van der Waals surface area contributed by atoms with Crippen molar-refractivity contribution in [2.24, 2.45) is 5.41 Å². The summed E-state index contributed by atoms with van der Waals surface area (Å²) in [6, 6.07) is 11.2. The van der Waals surface area contributed by atoms with Crippen LogP contribution in [-0.2, 0) is 28.2 Å². The highest BCUT2D eigenvalue weighted by Gasteiger charge is 2.43. The summed E-state index contributed by atoms with van der Waals surface area (Å²) in [5.41, 5.74) is 0.695. The van der Waals surface area contributed by atoms with Crippen molar-refractivity contribution in [2.75, 3.05) is 25.8 Å². The van der Waals surface area contributed by atoms with Gasteiger partial charge in [0.1, 0.15) is 6.79 Å². The number of hydrogen-bond acceptors (Lipinski definition) is 10. The molecule has 2 rings (SSSR count). The molecule has 312 valence electrons. The van der Waals surface area contributed by atoms with Crippen molar-refractivity contribution in [3.8, 4) is 0 Å². The van der Waals surface area contributed by atoms with E-state index >= 15 is 0 Å². The fourth-order valence-electron chi connectivity index (χ4n) is 6.36. The quantitative estimate of drug-likeness (QED) is 0.0435.